The van der Waals surface area contributed by atoms with Crippen molar-refractivity contribution < 1.29 is 19.2 Å². The molecule has 0 aromatic heterocycles. The van der Waals surface area contributed by atoms with Gasteiger partial charge in [-0.15, -0.1) is 0 Å². The number of hydrogen-bond donors (Lipinski definition) is 0. The highest BCUT2D eigenvalue weighted by molar-refractivity contribution is 6.21. The molecule has 0 spiro atoms. The average molecular weight is 340 g/mol. The lowest BCUT2D eigenvalue weighted by atomic mass is 10.1. The zero-order valence-electron chi connectivity index (χ0n) is 13.6. The molecule has 2 aromatic carbocycles. The molecule has 7 heteroatoms. The number of carbonyl (C=O) groups excluding carboxylic acids is 2. The van der Waals surface area contributed by atoms with E-state index in [-0.39, 0.29) is 36.4 Å². The Balaban J connectivity index is 1.60. The van der Waals surface area contributed by atoms with Gasteiger partial charge in [0.05, 0.1) is 22.7 Å². The van der Waals surface area contributed by atoms with Gasteiger partial charge in [-0.05, 0) is 37.1 Å². The molecule has 0 radical (unpaired) electrons. The van der Waals surface area contributed by atoms with E-state index in [0.717, 1.165) is 5.56 Å². The lowest BCUT2D eigenvalue weighted by Crippen LogP contribution is -2.31. The summed E-state index contributed by atoms with van der Waals surface area (Å²) in [4.78, 5) is 36.2. The Morgan fingerprint density at radius 1 is 1.08 bits per heavy atom. The van der Waals surface area contributed by atoms with E-state index in [1.54, 1.807) is 36.4 Å². The van der Waals surface area contributed by atoms with Crippen LogP contribution in [0.2, 0.25) is 0 Å². The van der Waals surface area contributed by atoms with Gasteiger partial charge in [-0.2, -0.15) is 0 Å². The molecule has 0 fully saturated rings. The molecule has 1 aliphatic rings. The smallest absolute Gasteiger partial charge is 0.310 e. The van der Waals surface area contributed by atoms with Gasteiger partial charge in [-0.25, -0.2) is 0 Å². The zero-order valence-corrected chi connectivity index (χ0v) is 13.6. The highest BCUT2D eigenvalue weighted by Gasteiger charge is 2.34. The van der Waals surface area contributed by atoms with Gasteiger partial charge < -0.3 is 4.74 Å². The van der Waals surface area contributed by atoms with Gasteiger partial charge >= 0.3 is 5.69 Å². The summed E-state index contributed by atoms with van der Waals surface area (Å²) in [5.74, 6) is -0.448. The number of aryl methyl sites for hydroxylation is 1. The van der Waals surface area contributed by atoms with Crippen LogP contribution in [0.15, 0.2) is 42.5 Å². The van der Waals surface area contributed by atoms with Crippen LogP contribution in [0.3, 0.4) is 0 Å². The topological polar surface area (TPSA) is 89.8 Å². The summed E-state index contributed by atoms with van der Waals surface area (Å²) in [6, 6.07) is 11.3. The fourth-order valence-electron chi connectivity index (χ4n) is 2.73. The van der Waals surface area contributed by atoms with Gasteiger partial charge in [0, 0.05) is 12.6 Å². The Morgan fingerprint density at radius 3 is 2.32 bits per heavy atom. The quantitative estimate of drug-likeness (QED) is 0.349. The number of carbonyl (C=O) groups is 2. The van der Waals surface area contributed by atoms with Crippen LogP contribution in [0.25, 0.3) is 0 Å². The van der Waals surface area contributed by atoms with Crippen LogP contribution < -0.4 is 4.74 Å². The molecule has 0 aliphatic carbocycles. The third-order valence-electron chi connectivity index (χ3n) is 3.97. The molecule has 0 saturated heterocycles. The van der Waals surface area contributed by atoms with Crippen LogP contribution in [0.4, 0.5) is 5.69 Å². The SMILES string of the molecule is Cc1ccc([N+](=O)[O-])c(OCCCN2C(=O)c3ccccc3C2=O)c1. The molecule has 0 saturated carbocycles. The van der Waals surface area contributed by atoms with E-state index < -0.39 is 4.92 Å². The van der Waals surface area contributed by atoms with E-state index in [1.807, 2.05) is 6.92 Å². The fraction of sp³-hybridized carbons (Fsp3) is 0.222. The first-order valence-corrected chi connectivity index (χ1v) is 7.82. The molecule has 3 rings (SSSR count). The second-order valence-electron chi connectivity index (χ2n) is 5.74. The Labute approximate surface area is 144 Å². The predicted octanol–water partition coefficient (Wildman–Crippen LogP) is 2.97. The minimum Gasteiger partial charge on any atom is -0.487 e. The number of amides is 2. The van der Waals surface area contributed by atoms with Gasteiger partial charge in [-0.3, -0.25) is 24.6 Å². The van der Waals surface area contributed by atoms with E-state index in [9.17, 15) is 19.7 Å². The molecule has 0 bridgehead atoms. The number of nitro groups is 1. The third kappa shape index (κ3) is 3.21. The molecule has 1 heterocycles. The molecule has 25 heavy (non-hydrogen) atoms. The monoisotopic (exact) mass is 340 g/mol. The van der Waals surface area contributed by atoms with E-state index in [4.69, 9.17) is 4.74 Å². The highest BCUT2D eigenvalue weighted by Crippen LogP contribution is 2.28. The van der Waals surface area contributed by atoms with Gasteiger partial charge in [0.1, 0.15) is 0 Å². The molecular formula is C18H16N2O5. The first-order chi connectivity index (χ1) is 12.0. The lowest BCUT2D eigenvalue weighted by Gasteiger charge is -2.14. The molecule has 128 valence electrons. The van der Waals surface area contributed by atoms with Gasteiger partial charge in [0.2, 0.25) is 0 Å². The van der Waals surface area contributed by atoms with E-state index in [1.165, 1.54) is 11.0 Å². The van der Waals surface area contributed by atoms with Crippen molar-refractivity contribution in [1.29, 1.82) is 0 Å². The molecule has 0 unspecified atom stereocenters. The van der Waals surface area contributed by atoms with Gasteiger partial charge in [-0.1, -0.05) is 18.2 Å². The third-order valence-corrected chi connectivity index (χ3v) is 3.97. The number of benzene rings is 2. The molecule has 7 nitrogen and oxygen atoms in total. The summed E-state index contributed by atoms with van der Waals surface area (Å²) >= 11 is 0. The normalized spacial score (nSPS) is 13.1. The summed E-state index contributed by atoms with van der Waals surface area (Å²) in [6.07, 6.45) is 0.385. The van der Waals surface area contributed by atoms with Crippen molar-refractivity contribution >= 4 is 17.5 Å². The van der Waals surface area contributed by atoms with Crippen molar-refractivity contribution in [2.24, 2.45) is 0 Å². The molecule has 2 aromatic rings. The number of fused-ring (bicyclic) bond motifs is 1. The van der Waals surface area contributed by atoms with Gasteiger partial charge in [0.15, 0.2) is 5.75 Å². The highest BCUT2D eigenvalue weighted by atomic mass is 16.6. The van der Waals surface area contributed by atoms with Gasteiger partial charge in [0.25, 0.3) is 11.8 Å². The van der Waals surface area contributed by atoms with Crippen LogP contribution in [-0.2, 0) is 0 Å². The van der Waals surface area contributed by atoms with Crippen molar-refractivity contribution in [3.05, 3.63) is 69.3 Å². The van der Waals surface area contributed by atoms with Crippen molar-refractivity contribution in [3.63, 3.8) is 0 Å². The Morgan fingerprint density at radius 2 is 1.72 bits per heavy atom. The van der Waals surface area contributed by atoms with Crippen molar-refractivity contribution in [2.45, 2.75) is 13.3 Å². The summed E-state index contributed by atoms with van der Waals surface area (Å²) < 4.78 is 5.50. The van der Waals surface area contributed by atoms with Crippen LogP contribution in [-0.4, -0.2) is 34.8 Å². The average Bonchev–Trinajstić information content (AvgIpc) is 2.83. The Hall–Kier alpha value is -3.22. The minimum atomic E-state index is -0.501. The second kappa shape index (κ2) is 6.72. The van der Waals surface area contributed by atoms with Crippen molar-refractivity contribution in [2.75, 3.05) is 13.2 Å². The first-order valence-electron chi connectivity index (χ1n) is 7.82. The van der Waals surface area contributed by atoms with E-state index >= 15 is 0 Å². The molecule has 0 N–H and O–H groups in total. The molecule has 2 amide bonds. The largest absolute Gasteiger partial charge is 0.487 e. The maximum atomic E-state index is 12.2. The van der Waals surface area contributed by atoms with E-state index in [0.29, 0.717) is 17.5 Å². The molecule has 1 aliphatic heterocycles. The van der Waals surface area contributed by atoms with Crippen LogP contribution in [0, 0.1) is 17.0 Å². The van der Waals surface area contributed by atoms with Crippen LogP contribution in [0.5, 0.6) is 5.75 Å². The summed E-state index contributed by atoms with van der Waals surface area (Å²) in [6.45, 7) is 2.18. The number of nitro benzene ring substituents is 1. The fourth-order valence-corrected chi connectivity index (χ4v) is 2.73. The second-order valence-corrected chi connectivity index (χ2v) is 5.74. The number of imide groups is 1. The summed E-state index contributed by atoms with van der Waals surface area (Å²) in [7, 11) is 0. The maximum Gasteiger partial charge on any atom is 0.310 e. The zero-order chi connectivity index (χ0) is 18.0. The molecule has 0 atom stereocenters. The number of ether oxygens (including phenoxy) is 1. The van der Waals surface area contributed by atoms with Crippen molar-refractivity contribution in [3.8, 4) is 5.75 Å². The number of rotatable bonds is 6. The number of hydrogen-bond acceptors (Lipinski definition) is 5. The summed E-state index contributed by atoms with van der Waals surface area (Å²) in [5, 5.41) is 11.0. The predicted molar refractivity (Wildman–Crippen MR) is 89.8 cm³/mol. The van der Waals surface area contributed by atoms with E-state index in [2.05, 4.69) is 0 Å². The van der Waals surface area contributed by atoms with Crippen LogP contribution >= 0.6 is 0 Å². The van der Waals surface area contributed by atoms with Crippen molar-refractivity contribution in [1.82, 2.24) is 4.90 Å². The lowest BCUT2D eigenvalue weighted by molar-refractivity contribution is -0.385. The Kier molecular flexibility index (Phi) is 4.47. The maximum absolute atomic E-state index is 12.2. The Bertz CT molecular complexity index is 827. The standard InChI is InChI=1S/C18H16N2O5/c1-12-7-8-15(20(23)24)16(11-12)25-10-4-9-19-17(21)13-5-2-3-6-14(13)18(19)22/h2-3,5-8,11H,4,9-10H2,1H3. The minimum absolute atomic E-state index is 0.105. The summed E-state index contributed by atoms with van der Waals surface area (Å²) in [5.41, 5.74) is 1.55. The first kappa shape index (κ1) is 16.6. The van der Waals surface area contributed by atoms with Crippen LogP contribution in [0.1, 0.15) is 32.7 Å². The molecular weight excluding hydrogens is 324 g/mol. The number of nitrogens with zero attached hydrogens (tertiary/aromatic N) is 2.